The second-order valence-electron chi connectivity index (χ2n) is 4.70. The van der Waals surface area contributed by atoms with Crippen LogP contribution in [0, 0.1) is 0 Å². The summed E-state index contributed by atoms with van der Waals surface area (Å²) in [6, 6.07) is 9.68. The van der Waals surface area contributed by atoms with Gasteiger partial charge >= 0.3 is 0 Å². The van der Waals surface area contributed by atoms with E-state index >= 15 is 0 Å². The number of nitrogens with zero attached hydrogens (tertiary/aromatic N) is 1. The first-order chi connectivity index (χ1) is 8.70. The summed E-state index contributed by atoms with van der Waals surface area (Å²) in [5, 5.41) is 0. The highest BCUT2D eigenvalue weighted by Gasteiger charge is 2.25. The van der Waals surface area contributed by atoms with Crippen LogP contribution >= 0.6 is 15.9 Å². The van der Waals surface area contributed by atoms with E-state index in [2.05, 4.69) is 25.9 Å². The smallest absolute Gasteiger partial charge is 0.251 e. The summed E-state index contributed by atoms with van der Waals surface area (Å²) < 4.78 is 1.04. The van der Waals surface area contributed by atoms with Crippen LogP contribution in [0.3, 0.4) is 0 Å². The van der Waals surface area contributed by atoms with E-state index in [0.717, 1.165) is 34.4 Å². The fourth-order valence-corrected chi connectivity index (χ4v) is 2.49. The number of aromatic nitrogens is 2. The van der Waals surface area contributed by atoms with E-state index in [9.17, 15) is 4.79 Å². The first-order valence-electron chi connectivity index (χ1n) is 6.05. The maximum absolute atomic E-state index is 11.6. The highest BCUT2D eigenvalue weighted by Crippen LogP contribution is 2.38. The fraction of sp³-hybridized carbons (Fsp3) is 0.286. The SMILES string of the molecule is O=c1cc(C2CC2)nc(Cc2cccc(Br)c2)[nH]1. The first kappa shape index (κ1) is 11.7. The van der Waals surface area contributed by atoms with Crippen molar-refractivity contribution < 1.29 is 0 Å². The Kier molecular flexibility index (Phi) is 3.04. The summed E-state index contributed by atoms with van der Waals surface area (Å²) in [6.07, 6.45) is 2.98. The number of nitrogens with one attached hydrogen (secondary N) is 1. The van der Waals surface area contributed by atoms with Gasteiger partial charge in [0.1, 0.15) is 5.82 Å². The molecule has 0 bridgehead atoms. The molecule has 3 rings (SSSR count). The van der Waals surface area contributed by atoms with Gasteiger partial charge in [-0.1, -0.05) is 28.1 Å². The number of aromatic amines is 1. The van der Waals surface area contributed by atoms with Gasteiger partial charge < -0.3 is 4.98 Å². The van der Waals surface area contributed by atoms with Gasteiger partial charge in [0, 0.05) is 22.9 Å². The van der Waals surface area contributed by atoms with Crippen LogP contribution in [0.2, 0.25) is 0 Å². The molecule has 0 radical (unpaired) electrons. The van der Waals surface area contributed by atoms with E-state index in [1.54, 1.807) is 6.07 Å². The van der Waals surface area contributed by atoms with Crippen molar-refractivity contribution in [2.24, 2.45) is 0 Å². The quantitative estimate of drug-likeness (QED) is 0.947. The van der Waals surface area contributed by atoms with Crippen LogP contribution in [-0.4, -0.2) is 9.97 Å². The molecule has 0 amide bonds. The highest BCUT2D eigenvalue weighted by atomic mass is 79.9. The molecule has 1 saturated carbocycles. The maximum atomic E-state index is 11.6. The average Bonchev–Trinajstić information content (AvgIpc) is 3.11. The number of halogens is 1. The van der Waals surface area contributed by atoms with Gasteiger partial charge in [0.05, 0.1) is 5.69 Å². The minimum atomic E-state index is -0.0445. The molecule has 0 atom stereocenters. The average molecular weight is 305 g/mol. The van der Waals surface area contributed by atoms with Crippen LogP contribution in [0.4, 0.5) is 0 Å². The van der Waals surface area contributed by atoms with Crippen molar-refractivity contribution in [3.63, 3.8) is 0 Å². The maximum Gasteiger partial charge on any atom is 0.251 e. The summed E-state index contributed by atoms with van der Waals surface area (Å²) in [4.78, 5) is 19.0. The van der Waals surface area contributed by atoms with Crippen molar-refractivity contribution in [1.82, 2.24) is 9.97 Å². The Morgan fingerprint density at radius 3 is 2.89 bits per heavy atom. The van der Waals surface area contributed by atoms with Crippen molar-refractivity contribution in [3.8, 4) is 0 Å². The Morgan fingerprint density at radius 1 is 1.33 bits per heavy atom. The van der Waals surface area contributed by atoms with Crippen LogP contribution in [0.1, 0.15) is 35.8 Å². The third-order valence-electron chi connectivity index (χ3n) is 3.07. The summed E-state index contributed by atoms with van der Waals surface area (Å²) >= 11 is 3.45. The van der Waals surface area contributed by atoms with Gasteiger partial charge in [0.15, 0.2) is 0 Å². The monoisotopic (exact) mass is 304 g/mol. The minimum absolute atomic E-state index is 0.0445. The molecule has 1 aliphatic rings. The molecule has 1 fully saturated rings. The predicted octanol–water partition coefficient (Wildman–Crippen LogP) is 3.00. The summed E-state index contributed by atoms with van der Waals surface area (Å²) in [7, 11) is 0. The zero-order valence-electron chi connectivity index (χ0n) is 9.82. The number of hydrogen-bond acceptors (Lipinski definition) is 2. The number of benzene rings is 1. The molecule has 3 nitrogen and oxygen atoms in total. The minimum Gasteiger partial charge on any atom is -0.310 e. The van der Waals surface area contributed by atoms with Crippen molar-refractivity contribution in [1.29, 1.82) is 0 Å². The number of H-pyrrole nitrogens is 1. The lowest BCUT2D eigenvalue weighted by Gasteiger charge is -2.04. The molecule has 18 heavy (non-hydrogen) atoms. The van der Waals surface area contributed by atoms with E-state index in [-0.39, 0.29) is 5.56 Å². The number of rotatable bonds is 3. The van der Waals surface area contributed by atoms with Crippen LogP contribution in [0.15, 0.2) is 39.6 Å². The standard InChI is InChI=1S/C14H13BrN2O/c15-11-3-1-2-9(6-11)7-13-16-12(10-4-5-10)8-14(18)17-13/h1-3,6,8,10H,4-5,7H2,(H,16,17,18). The fourth-order valence-electron chi connectivity index (χ4n) is 2.04. The lowest BCUT2D eigenvalue weighted by molar-refractivity contribution is 0.882. The van der Waals surface area contributed by atoms with Crippen LogP contribution in [0.5, 0.6) is 0 Å². The summed E-state index contributed by atoms with van der Waals surface area (Å²) in [5.74, 6) is 1.26. The molecule has 0 aliphatic heterocycles. The van der Waals surface area contributed by atoms with Crippen LogP contribution in [-0.2, 0) is 6.42 Å². The molecular weight excluding hydrogens is 292 g/mol. The molecule has 0 spiro atoms. The van der Waals surface area contributed by atoms with Crippen molar-refractivity contribution in [3.05, 3.63) is 62.2 Å². The molecule has 1 aromatic carbocycles. The normalized spacial score (nSPS) is 14.7. The van der Waals surface area contributed by atoms with Gasteiger partial charge in [-0.2, -0.15) is 0 Å². The molecule has 0 saturated heterocycles. The van der Waals surface area contributed by atoms with Crippen LogP contribution in [0.25, 0.3) is 0 Å². The van der Waals surface area contributed by atoms with Gasteiger partial charge in [-0.3, -0.25) is 4.79 Å². The van der Waals surface area contributed by atoms with E-state index in [1.807, 2.05) is 24.3 Å². The number of hydrogen-bond donors (Lipinski definition) is 1. The van der Waals surface area contributed by atoms with Crippen molar-refractivity contribution in [2.45, 2.75) is 25.2 Å². The topological polar surface area (TPSA) is 45.8 Å². The van der Waals surface area contributed by atoms with E-state index in [4.69, 9.17) is 0 Å². The molecule has 2 aromatic rings. The lowest BCUT2D eigenvalue weighted by Crippen LogP contribution is -2.12. The Labute approximate surface area is 113 Å². The molecule has 1 aliphatic carbocycles. The summed E-state index contributed by atoms with van der Waals surface area (Å²) in [5.41, 5.74) is 2.04. The molecular formula is C14H13BrN2O. The van der Waals surface area contributed by atoms with E-state index < -0.39 is 0 Å². The zero-order valence-corrected chi connectivity index (χ0v) is 11.4. The van der Waals surface area contributed by atoms with Gasteiger partial charge in [0.2, 0.25) is 0 Å². The van der Waals surface area contributed by atoms with Gasteiger partial charge in [-0.05, 0) is 30.5 Å². The van der Waals surface area contributed by atoms with Crippen LogP contribution < -0.4 is 5.56 Å². The molecule has 1 aromatic heterocycles. The van der Waals surface area contributed by atoms with Crippen molar-refractivity contribution >= 4 is 15.9 Å². The Bertz CT molecular complexity index is 632. The van der Waals surface area contributed by atoms with Gasteiger partial charge in [-0.15, -0.1) is 0 Å². The lowest BCUT2D eigenvalue weighted by atomic mass is 10.1. The van der Waals surface area contributed by atoms with E-state index in [1.165, 1.54) is 0 Å². The molecule has 4 heteroatoms. The predicted molar refractivity (Wildman–Crippen MR) is 73.8 cm³/mol. The van der Waals surface area contributed by atoms with Crippen molar-refractivity contribution in [2.75, 3.05) is 0 Å². The molecule has 92 valence electrons. The second kappa shape index (κ2) is 4.69. The Morgan fingerprint density at radius 2 is 2.17 bits per heavy atom. The highest BCUT2D eigenvalue weighted by molar-refractivity contribution is 9.10. The second-order valence-corrected chi connectivity index (χ2v) is 5.61. The Balaban J connectivity index is 1.90. The van der Waals surface area contributed by atoms with Gasteiger partial charge in [0.25, 0.3) is 5.56 Å². The van der Waals surface area contributed by atoms with E-state index in [0.29, 0.717) is 12.3 Å². The third kappa shape index (κ3) is 2.70. The largest absolute Gasteiger partial charge is 0.310 e. The molecule has 1 N–H and O–H groups in total. The summed E-state index contributed by atoms with van der Waals surface area (Å²) in [6.45, 7) is 0. The zero-order chi connectivity index (χ0) is 12.5. The third-order valence-corrected chi connectivity index (χ3v) is 3.56. The first-order valence-corrected chi connectivity index (χ1v) is 6.84. The molecule has 0 unspecified atom stereocenters. The molecule has 1 heterocycles. The Hall–Kier alpha value is -1.42. The van der Waals surface area contributed by atoms with Gasteiger partial charge in [-0.25, -0.2) is 4.98 Å².